The summed E-state index contributed by atoms with van der Waals surface area (Å²) in [6, 6.07) is 26.9. The van der Waals surface area contributed by atoms with E-state index in [1.807, 2.05) is 54.6 Å². The Kier molecular flexibility index (Phi) is 8.90. The fourth-order valence-corrected chi connectivity index (χ4v) is 7.24. The van der Waals surface area contributed by atoms with E-state index in [1.54, 1.807) is 70.2 Å². The molecule has 4 aromatic carbocycles. The van der Waals surface area contributed by atoms with Crippen molar-refractivity contribution in [3.05, 3.63) is 120 Å². The van der Waals surface area contributed by atoms with E-state index in [9.17, 15) is 24.6 Å². The van der Waals surface area contributed by atoms with Gasteiger partial charge in [-0.2, -0.15) is 0 Å². The standard InChI is InChI=1S/C40H39N3O7/c1-26(10-7-18-37(45)41-21-9-13-29(41)25-44)40(48)32-23-30(49-2)19-20-33(32)42(39(40)47)24-27-11-8-12-28(22-27)43-34-15-4-6-17-36(34)50-35-16-5-3-14-31(35)38(43)46/h3-8,10-12,14-17,19-20,22-23,26,29,44,48H,9,13,18,21,24-25H2,1-2H3/b10-7+/t26-,29-,40+/m0/s1. The van der Waals surface area contributed by atoms with Gasteiger partial charge in [0.25, 0.3) is 11.8 Å². The number of aliphatic hydroxyl groups excluding tert-OH is 1. The Labute approximate surface area is 290 Å². The van der Waals surface area contributed by atoms with Gasteiger partial charge in [0.15, 0.2) is 11.4 Å². The first-order valence-corrected chi connectivity index (χ1v) is 16.8. The lowest BCUT2D eigenvalue weighted by Crippen LogP contribution is -2.44. The first-order chi connectivity index (χ1) is 24.2. The van der Waals surface area contributed by atoms with E-state index in [4.69, 9.17) is 9.47 Å². The van der Waals surface area contributed by atoms with Crippen LogP contribution < -0.4 is 19.3 Å². The van der Waals surface area contributed by atoms with Crippen molar-refractivity contribution in [3.63, 3.8) is 0 Å². The molecule has 0 aromatic heterocycles. The summed E-state index contributed by atoms with van der Waals surface area (Å²) < 4.78 is 11.6. The number of rotatable bonds is 9. The SMILES string of the molecule is COc1ccc2c(c1)[C@](O)([C@@H](C)/C=C/CC(=O)N1CCC[C@H]1CO)C(=O)N2Cc1cccc(N2C(=O)c3ccccc3Oc3ccccc32)c1. The van der Waals surface area contributed by atoms with Crippen molar-refractivity contribution in [2.75, 3.05) is 30.1 Å². The van der Waals surface area contributed by atoms with Crippen LogP contribution in [0.15, 0.2) is 103 Å². The highest BCUT2D eigenvalue weighted by Crippen LogP contribution is 2.48. The topological polar surface area (TPSA) is 120 Å². The first kappa shape index (κ1) is 33.1. The number of methoxy groups -OCH3 is 1. The summed E-state index contributed by atoms with van der Waals surface area (Å²) in [5, 5.41) is 21.9. The number of anilines is 3. The van der Waals surface area contributed by atoms with Crippen LogP contribution in [0.2, 0.25) is 0 Å². The number of ether oxygens (including phenoxy) is 2. The average molecular weight is 674 g/mol. The van der Waals surface area contributed by atoms with Crippen molar-refractivity contribution < 1.29 is 34.1 Å². The lowest BCUT2D eigenvalue weighted by atomic mass is 9.83. The summed E-state index contributed by atoms with van der Waals surface area (Å²) in [4.78, 5) is 46.1. The number of nitrogens with zero attached hydrogens (tertiary/aromatic N) is 3. The van der Waals surface area contributed by atoms with Crippen molar-refractivity contribution in [2.45, 2.75) is 44.4 Å². The third-order valence-corrected chi connectivity index (χ3v) is 9.92. The summed E-state index contributed by atoms with van der Waals surface area (Å²) >= 11 is 0. The minimum atomic E-state index is -1.93. The van der Waals surface area contributed by atoms with Crippen molar-refractivity contribution in [2.24, 2.45) is 5.92 Å². The Hall–Kier alpha value is -5.45. The predicted octanol–water partition coefficient (Wildman–Crippen LogP) is 6.08. The molecule has 0 aliphatic carbocycles. The second-order valence-corrected chi connectivity index (χ2v) is 12.9. The molecule has 1 fully saturated rings. The number of hydrogen-bond donors (Lipinski definition) is 2. The third kappa shape index (κ3) is 5.70. The zero-order valence-corrected chi connectivity index (χ0v) is 28.0. The average Bonchev–Trinajstić information content (AvgIpc) is 3.67. The molecule has 0 saturated carbocycles. The van der Waals surface area contributed by atoms with Crippen LogP contribution in [0.4, 0.5) is 17.1 Å². The zero-order valence-electron chi connectivity index (χ0n) is 28.0. The number of carbonyl (C=O) groups excluding carboxylic acids is 3. The number of likely N-dealkylation sites (tertiary alicyclic amines) is 1. The second-order valence-electron chi connectivity index (χ2n) is 12.9. The lowest BCUT2D eigenvalue weighted by molar-refractivity contribution is -0.139. The van der Waals surface area contributed by atoms with Gasteiger partial charge in [-0.3, -0.25) is 19.3 Å². The van der Waals surface area contributed by atoms with Crippen molar-refractivity contribution >= 4 is 34.8 Å². The molecule has 4 aromatic rings. The molecule has 3 aliphatic rings. The molecule has 0 spiro atoms. The Morgan fingerprint density at radius 1 is 1.00 bits per heavy atom. The van der Waals surface area contributed by atoms with E-state index in [0.717, 1.165) is 18.4 Å². The van der Waals surface area contributed by atoms with Crippen LogP contribution in [0.5, 0.6) is 17.2 Å². The predicted molar refractivity (Wildman–Crippen MR) is 189 cm³/mol. The van der Waals surface area contributed by atoms with Crippen LogP contribution in [0.3, 0.4) is 0 Å². The summed E-state index contributed by atoms with van der Waals surface area (Å²) in [6.45, 7) is 2.42. The minimum Gasteiger partial charge on any atom is -0.497 e. The van der Waals surface area contributed by atoms with E-state index in [-0.39, 0.29) is 37.4 Å². The van der Waals surface area contributed by atoms with Gasteiger partial charge in [0, 0.05) is 30.1 Å². The van der Waals surface area contributed by atoms with Gasteiger partial charge in [0.05, 0.1) is 43.2 Å². The highest BCUT2D eigenvalue weighted by atomic mass is 16.5. The van der Waals surface area contributed by atoms with E-state index in [1.165, 1.54) is 7.11 Å². The summed E-state index contributed by atoms with van der Waals surface area (Å²) in [5.41, 5.74) is 1.37. The molecular weight excluding hydrogens is 634 g/mol. The van der Waals surface area contributed by atoms with Gasteiger partial charge in [-0.05, 0) is 73.0 Å². The number of carbonyl (C=O) groups is 3. The molecule has 50 heavy (non-hydrogen) atoms. The maximum atomic E-state index is 14.3. The number of hydrogen-bond acceptors (Lipinski definition) is 7. The van der Waals surface area contributed by atoms with Crippen LogP contribution in [-0.2, 0) is 21.7 Å². The van der Waals surface area contributed by atoms with Gasteiger partial charge in [0.2, 0.25) is 5.91 Å². The fraction of sp³-hybridized carbons (Fsp3) is 0.275. The highest BCUT2D eigenvalue weighted by Gasteiger charge is 2.52. The van der Waals surface area contributed by atoms with Crippen LogP contribution >= 0.6 is 0 Å². The third-order valence-electron chi connectivity index (χ3n) is 9.92. The normalized spacial score (nSPS) is 20.3. The lowest BCUT2D eigenvalue weighted by Gasteiger charge is -2.28. The molecule has 7 rings (SSSR count). The number of aliphatic hydroxyl groups is 2. The van der Waals surface area contributed by atoms with Gasteiger partial charge in [-0.25, -0.2) is 0 Å². The summed E-state index contributed by atoms with van der Waals surface area (Å²) in [6.07, 6.45) is 5.12. The van der Waals surface area contributed by atoms with Gasteiger partial charge >= 0.3 is 0 Å². The Bertz CT molecular complexity index is 1990. The van der Waals surface area contributed by atoms with Crippen molar-refractivity contribution in [3.8, 4) is 17.2 Å². The summed E-state index contributed by atoms with van der Waals surface area (Å²) in [5.74, 6) is -0.0419. The van der Waals surface area contributed by atoms with E-state index >= 15 is 0 Å². The molecule has 3 aliphatic heterocycles. The highest BCUT2D eigenvalue weighted by molar-refractivity contribution is 6.14. The van der Waals surface area contributed by atoms with Crippen molar-refractivity contribution in [1.29, 1.82) is 0 Å². The number of para-hydroxylation sites is 3. The van der Waals surface area contributed by atoms with Crippen molar-refractivity contribution in [1.82, 2.24) is 4.90 Å². The van der Waals surface area contributed by atoms with Crippen LogP contribution in [0.1, 0.15) is 47.7 Å². The number of fused-ring (bicyclic) bond motifs is 3. The molecule has 3 heterocycles. The number of amides is 3. The smallest absolute Gasteiger partial charge is 0.266 e. The van der Waals surface area contributed by atoms with Crippen LogP contribution in [0.25, 0.3) is 0 Å². The molecule has 0 bridgehead atoms. The Morgan fingerprint density at radius 3 is 2.58 bits per heavy atom. The molecule has 2 N–H and O–H groups in total. The first-order valence-electron chi connectivity index (χ1n) is 16.8. The van der Waals surface area contributed by atoms with E-state index in [2.05, 4.69) is 0 Å². The van der Waals surface area contributed by atoms with E-state index < -0.39 is 17.4 Å². The largest absolute Gasteiger partial charge is 0.497 e. The van der Waals surface area contributed by atoms with Crippen LogP contribution in [-0.4, -0.2) is 59.1 Å². The fourth-order valence-electron chi connectivity index (χ4n) is 7.24. The molecule has 10 nitrogen and oxygen atoms in total. The molecule has 1 saturated heterocycles. The second kappa shape index (κ2) is 13.5. The van der Waals surface area contributed by atoms with Crippen LogP contribution in [0, 0.1) is 5.92 Å². The van der Waals surface area contributed by atoms with Gasteiger partial charge in [-0.15, -0.1) is 0 Å². The van der Waals surface area contributed by atoms with Gasteiger partial charge in [0.1, 0.15) is 11.5 Å². The maximum Gasteiger partial charge on any atom is 0.266 e. The molecule has 256 valence electrons. The van der Waals surface area contributed by atoms with E-state index in [0.29, 0.717) is 52.0 Å². The minimum absolute atomic E-state index is 0.0680. The van der Waals surface area contributed by atoms with Gasteiger partial charge in [-0.1, -0.05) is 55.5 Å². The molecule has 0 radical (unpaired) electrons. The molecule has 3 amide bonds. The molecule has 0 unspecified atom stereocenters. The molecule has 3 atom stereocenters. The monoisotopic (exact) mass is 673 g/mol. The molecule has 10 heteroatoms. The molecular formula is C40H39N3O7. The van der Waals surface area contributed by atoms with Gasteiger partial charge < -0.3 is 29.5 Å². The Balaban J connectivity index is 1.18. The zero-order chi connectivity index (χ0) is 35.0. The quantitative estimate of drug-likeness (QED) is 0.207. The maximum absolute atomic E-state index is 14.3. The number of benzene rings is 4. The summed E-state index contributed by atoms with van der Waals surface area (Å²) in [7, 11) is 1.53. The Morgan fingerprint density at radius 2 is 1.78 bits per heavy atom.